The number of carbonyl (C=O) groups is 2. The largest absolute Gasteiger partial charge is 0.373 e. The van der Waals surface area contributed by atoms with Crippen molar-refractivity contribution < 1.29 is 14.0 Å². The maximum Gasteiger partial charge on any atom is 0.262 e. The van der Waals surface area contributed by atoms with E-state index in [1.807, 2.05) is 6.08 Å². The summed E-state index contributed by atoms with van der Waals surface area (Å²) in [4.78, 5) is 32.1. The summed E-state index contributed by atoms with van der Waals surface area (Å²) in [6.07, 6.45) is 5.37. The lowest BCUT2D eigenvalue weighted by Gasteiger charge is -2.34. The van der Waals surface area contributed by atoms with E-state index in [4.69, 9.17) is 28.2 Å². The van der Waals surface area contributed by atoms with Crippen LogP contribution in [0.3, 0.4) is 0 Å². The van der Waals surface area contributed by atoms with Gasteiger partial charge in [-0.2, -0.15) is 0 Å². The highest BCUT2D eigenvalue weighted by Gasteiger charge is 2.41. The molecule has 1 aliphatic carbocycles. The standard InChI is InChI=1S/C24H16Cl2FN3O2/c1-12(30-23(31)14-5-2-3-6-15(14)24(30)32)20-21(16-11-13(27)9-10-17(16)25)29-22-18(26)7-4-8-19(22)28-20/h2-12,19,28H,1H3. The fourth-order valence-corrected chi connectivity index (χ4v) is 4.56. The van der Waals surface area contributed by atoms with E-state index in [2.05, 4.69) is 5.32 Å². The van der Waals surface area contributed by atoms with Gasteiger partial charge >= 0.3 is 0 Å². The first-order valence-electron chi connectivity index (χ1n) is 9.93. The first kappa shape index (κ1) is 20.7. The number of imide groups is 1. The van der Waals surface area contributed by atoms with E-state index in [0.29, 0.717) is 38.8 Å². The van der Waals surface area contributed by atoms with E-state index >= 15 is 0 Å². The van der Waals surface area contributed by atoms with Crippen molar-refractivity contribution >= 4 is 46.4 Å². The zero-order valence-corrected chi connectivity index (χ0v) is 18.3. The molecule has 0 fully saturated rings. The number of nitrogens with one attached hydrogen (secondary N) is 1. The van der Waals surface area contributed by atoms with Gasteiger partial charge in [-0.05, 0) is 43.3 Å². The number of hydrogen-bond donors (Lipinski definition) is 1. The SMILES string of the molecule is CC(C1=C(c2cc(F)ccc2Cl)N=C2C(Cl)=CC=CC2N1)N1C(=O)c2ccccc2C1=O. The second-order valence-corrected chi connectivity index (χ2v) is 8.42. The normalized spacial score (nSPS) is 20.5. The van der Waals surface area contributed by atoms with E-state index in [1.54, 1.807) is 43.3 Å². The molecular weight excluding hydrogens is 452 g/mol. The molecule has 3 aliphatic rings. The monoisotopic (exact) mass is 467 g/mol. The van der Waals surface area contributed by atoms with Crippen LogP contribution in [0.2, 0.25) is 5.02 Å². The molecule has 2 aliphatic heterocycles. The van der Waals surface area contributed by atoms with Crippen molar-refractivity contribution in [3.63, 3.8) is 0 Å². The number of nitrogens with zero attached hydrogens (tertiary/aromatic N) is 2. The minimum absolute atomic E-state index is 0.282. The van der Waals surface area contributed by atoms with Crippen LogP contribution in [0.15, 0.2) is 76.4 Å². The van der Waals surface area contributed by atoms with Crippen LogP contribution in [-0.2, 0) is 0 Å². The third-order valence-corrected chi connectivity index (χ3v) is 6.35. The summed E-state index contributed by atoms with van der Waals surface area (Å²) in [7, 11) is 0. The minimum Gasteiger partial charge on any atom is -0.373 e. The van der Waals surface area contributed by atoms with Crippen LogP contribution in [0.4, 0.5) is 4.39 Å². The predicted octanol–water partition coefficient (Wildman–Crippen LogP) is 4.94. The van der Waals surface area contributed by atoms with Gasteiger partial charge in [-0.3, -0.25) is 14.5 Å². The highest BCUT2D eigenvalue weighted by atomic mass is 35.5. The Bertz CT molecular complexity index is 1280. The van der Waals surface area contributed by atoms with Gasteiger partial charge in [0.25, 0.3) is 11.8 Å². The van der Waals surface area contributed by atoms with Crippen molar-refractivity contribution in [2.75, 3.05) is 0 Å². The van der Waals surface area contributed by atoms with Crippen molar-refractivity contribution in [2.45, 2.75) is 19.0 Å². The Morgan fingerprint density at radius 1 is 1.06 bits per heavy atom. The van der Waals surface area contributed by atoms with Crippen molar-refractivity contribution in [3.05, 3.63) is 99.0 Å². The lowest BCUT2D eigenvalue weighted by molar-refractivity contribution is 0.0614. The number of carbonyl (C=O) groups excluding carboxylic acids is 2. The third-order valence-electron chi connectivity index (χ3n) is 5.70. The zero-order valence-electron chi connectivity index (χ0n) is 16.8. The molecule has 5 rings (SSSR count). The summed E-state index contributed by atoms with van der Waals surface area (Å²) in [5.41, 5.74) is 2.37. The van der Waals surface area contributed by atoms with Gasteiger partial charge in [-0.25, -0.2) is 9.38 Å². The maximum atomic E-state index is 14.1. The number of halogens is 3. The number of rotatable bonds is 3. The van der Waals surface area contributed by atoms with Crippen LogP contribution in [0.25, 0.3) is 5.70 Å². The van der Waals surface area contributed by atoms with E-state index in [0.717, 1.165) is 0 Å². The molecule has 2 amide bonds. The van der Waals surface area contributed by atoms with Crippen molar-refractivity contribution in [1.29, 1.82) is 0 Å². The van der Waals surface area contributed by atoms with Gasteiger partial charge in [0.15, 0.2) is 0 Å². The Kier molecular flexibility index (Phi) is 4.99. The van der Waals surface area contributed by atoms with Crippen molar-refractivity contribution in [1.82, 2.24) is 10.2 Å². The molecule has 8 heteroatoms. The van der Waals surface area contributed by atoms with Gasteiger partial charge in [-0.1, -0.05) is 47.5 Å². The summed E-state index contributed by atoms with van der Waals surface area (Å²) in [6, 6.07) is 9.56. The number of aliphatic imine (C=N–C) groups is 1. The molecule has 2 aromatic rings. The van der Waals surface area contributed by atoms with Crippen molar-refractivity contribution in [3.8, 4) is 0 Å². The van der Waals surface area contributed by atoms with Crippen LogP contribution in [0.1, 0.15) is 33.2 Å². The molecule has 2 heterocycles. The summed E-state index contributed by atoms with van der Waals surface area (Å²) >= 11 is 12.8. The van der Waals surface area contributed by atoms with Crippen LogP contribution in [0, 0.1) is 5.82 Å². The quantitative estimate of drug-likeness (QED) is 0.650. The molecule has 0 aromatic heterocycles. The molecule has 0 spiro atoms. The van der Waals surface area contributed by atoms with Gasteiger partial charge in [-0.15, -0.1) is 0 Å². The second-order valence-electron chi connectivity index (χ2n) is 7.61. The first-order chi connectivity index (χ1) is 15.4. The second kappa shape index (κ2) is 7.73. The number of benzene rings is 2. The molecule has 32 heavy (non-hydrogen) atoms. The van der Waals surface area contributed by atoms with E-state index in [-0.39, 0.29) is 11.1 Å². The average molecular weight is 468 g/mol. The van der Waals surface area contributed by atoms with Crippen LogP contribution in [0.5, 0.6) is 0 Å². The molecule has 2 atom stereocenters. The highest BCUT2D eigenvalue weighted by molar-refractivity contribution is 6.45. The van der Waals surface area contributed by atoms with Crippen LogP contribution >= 0.6 is 23.2 Å². The summed E-state index contributed by atoms with van der Waals surface area (Å²) < 4.78 is 14.1. The zero-order chi connectivity index (χ0) is 22.6. The van der Waals surface area contributed by atoms with Crippen LogP contribution in [-0.4, -0.2) is 34.5 Å². The molecule has 0 radical (unpaired) electrons. The Labute approximate surface area is 193 Å². The predicted molar refractivity (Wildman–Crippen MR) is 122 cm³/mol. The number of allylic oxidation sites excluding steroid dienone is 2. The molecule has 0 saturated carbocycles. The summed E-state index contributed by atoms with van der Waals surface area (Å²) in [5, 5.41) is 4.05. The number of fused-ring (bicyclic) bond motifs is 2. The molecule has 2 aromatic carbocycles. The average Bonchev–Trinajstić information content (AvgIpc) is 3.05. The Morgan fingerprint density at radius 2 is 1.75 bits per heavy atom. The summed E-state index contributed by atoms with van der Waals surface area (Å²) in [6.45, 7) is 1.72. The molecular formula is C24H16Cl2FN3O2. The molecule has 0 saturated heterocycles. The van der Waals surface area contributed by atoms with Gasteiger partial charge < -0.3 is 5.32 Å². The van der Waals surface area contributed by atoms with Gasteiger partial charge in [0, 0.05) is 5.56 Å². The number of amides is 2. The van der Waals surface area contributed by atoms with Gasteiger partial charge in [0.05, 0.1) is 50.4 Å². The summed E-state index contributed by atoms with van der Waals surface area (Å²) in [5.74, 6) is -1.29. The highest BCUT2D eigenvalue weighted by Crippen LogP contribution is 2.36. The Hall–Kier alpha value is -3.22. The molecule has 1 N–H and O–H groups in total. The van der Waals surface area contributed by atoms with Crippen LogP contribution < -0.4 is 5.32 Å². The van der Waals surface area contributed by atoms with Gasteiger partial charge in [0.1, 0.15) is 5.82 Å². The number of hydrogen-bond acceptors (Lipinski definition) is 4. The molecule has 2 unspecified atom stereocenters. The Morgan fingerprint density at radius 3 is 2.44 bits per heavy atom. The topological polar surface area (TPSA) is 61.8 Å². The fraction of sp³-hybridized carbons (Fsp3) is 0.125. The fourth-order valence-electron chi connectivity index (χ4n) is 4.12. The van der Waals surface area contributed by atoms with Crippen molar-refractivity contribution in [2.24, 2.45) is 4.99 Å². The lowest BCUT2D eigenvalue weighted by Crippen LogP contribution is -2.48. The molecule has 0 bridgehead atoms. The van der Waals surface area contributed by atoms with Gasteiger partial charge in [0.2, 0.25) is 0 Å². The molecule has 5 nitrogen and oxygen atoms in total. The smallest absolute Gasteiger partial charge is 0.262 e. The minimum atomic E-state index is -0.722. The van der Waals surface area contributed by atoms with E-state index < -0.39 is 23.7 Å². The van der Waals surface area contributed by atoms with E-state index in [9.17, 15) is 14.0 Å². The maximum absolute atomic E-state index is 14.1. The first-order valence-corrected chi connectivity index (χ1v) is 10.7. The third kappa shape index (κ3) is 3.18. The molecule has 160 valence electrons. The van der Waals surface area contributed by atoms with E-state index in [1.165, 1.54) is 23.1 Å². The Balaban J connectivity index is 1.67. The lowest BCUT2D eigenvalue weighted by atomic mass is 9.97.